The summed E-state index contributed by atoms with van der Waals surface area (Å²) in [7, 11) is 0. The molecule has 0 saturated heterocycles. The lowest BCUT2D eigenvalue weighted by molar-refractivity contribution is -0.190. The van der Waals surface area contributed by atoms with E-state index in [1.165, 1.54) is 0 Å². The second-order valence-corrected chi connectivity index (χ2v) is 10.2. The lowest BCUT2D eigenvalue weighted by Gasteiger charge is -2.60. The topological polar surface area (TPSA) is 77.8 Å². The lowest BCUT2D eigenvalue weighted by Crippen LogP contribution is -2.62. The first-order valence-corrected chi connectivity index (χ1v) is 10.2. The summed E-state index contributed by atoms with van der Waals surface area (Å²) in [4.78, 5) is 13.4. The molecule has 4 heteroatoms. The minimum absolute atomic E-state index is 0.00605. The third-order valence-corrected chi connectivity index (χ3v) is 9.23. The maximum atomic E-state index is 13.4. The van der Waals surface area contributed by atoms with E-state index >= 15 is 0 Å². The van der Waals surface area contributed by atoms with Crippen molar-refractivity contribution in [3.63, 3.8) is 0 Å². The fourth-order valence-corrected chi connectivity index (χ4v) is 7.77. The Kier molecular flexibility index (Phi) is 3.97. The summed E-state index contributed by atoms with van der Waals surface area (Å²) in [6.45, 7) is 6.01. The fourth-order valence-electron chi connectivity index (χ4n) is 7.77. The van der Waals surface area contributed by atoms with E-state index < -0.39 is 17.1 Å². The number of carbonyl (C=O) groups is 1. The summed E-state index contributed by atoms with van der Waals surface area (Å²) >= 11 is 0. The van der Waals surface area contributed by atoms with Gasteiger partial charge in [0.1, 0.15) is 5.78 Å². The summed E-state index contributed by atoms with van der Waals surface area (Å²) in [6.07, 6.45) is 5.60. The minimum Gasteiger partial charge on any atom is -0.393 e. The van der Waals surface area contributed by atoms with Gasteiger partial charge in [0.25, 0.3) is 0 Å². The molecular weight excluding hydrogens is 316 g/mol. The monoisotopic (exact) mass is 350 g/mol. The first-order chi connectivity index (χ1) is 11.6. The normalized spacial score (nSPS) is 56.7. The van der Waals surface area contributed by atoms with Gasteiger partial charge in [0.2, 0.25) is 0 Å². The SMILES string of the molecule is C[C@@H](O)[C@@]1(O)CC[C@H]2[C@@H]3CC[C@H]4C[C@H](O)CC[C@]4(C)[C@H]3C(=O)C[C@@]21C. The molecule has 0 radical (unpaired) electrons. The number of fused-ring (bicyclic) bond motifs is 5. The quantitative estimate of drug-likeness (QED) is 0.679. The van der Waals surface area contributed by atoms with E-state index in [9.17, 15) is 20.1 Å². The number of hydrogen-bond donors (Lipinski definition) is 3. The van der Waals surface area contributed by atoms with Crippen molar-refractivity contribution in [2.45, 2.75) is 89.9 Å². The van der Waals surface area contributed by atoms with Crippen LogP contribution in [-0.2, 0) is 4.79 Å². The fraction of sp³-hybridized carbons (Fsp3) is 0.952. The van der Waals surface area contributed by atoms with E-state index in [-0.39, 0.29) is 17.4 Å². The van der Waals surface area contributed by atoms with E-state index in [1.807, 2.05) is 6.92 Å². The third kappa shape index (κ3) is 2.20. The van der Waals surface area contributed by atoms with Gasteiger partial charge < -0.3 is 15.3 Å². The summed E-state index contributed by atoms with van der Waals surface area (Å²) in [5.74, 6) is 1.47. The highest BCUT2D eigenvalue weighted by Crippen LogP contribution is 2.67. The zero-order valence-corrected chi connectivity index (χ0v) is 15.9. The molecule has 4 aliphatic carbocycles. The van der Waals surface area contributed by atoms with Gasteiger partial charge in [-0.25, -0.2) is 0 Å². The Hall–Kier alpha value is -0.450. The van der Waals surface area contributed by atoms with Crippen molar-refractivity contribution in [1.29, 1.82) is 0 Å². The lowest BCUT2D eigenvalue weighted by atomic mass is 9.44. The average Bonchev–Trinajstić information content (AvgIpc) is 2.80. The second-order valence-electron chi connectivity index (χ2n) is 10.2. The number of Topliss-reactive ketones (excluding diaryl/α,β-unsaturated/α-hetero) is 1. The predicted octanol–water partition coefficient (Wildman–Crippen LogP) is 2.68. The first kappa shape index (κ1) is 17.9. The zero-order chi connectivity index (χ0) is 18.2. The molecule has 25 heavy (non-hydrogen) atoms. The van der Waals surface area contributed by atoms with Gasteiger partial charge in [-0.05, 0) is 75.0 Å². The predicted molar refractivity (Wildman–Crippen MR) is 94.8 cm³/mol. The van der Waals surface area contributed by atoms with Crippen LogP contribution >= 0.6 is 0 Å². The highest BCUT2D eigenvalue weighted by molar-refractivity contribution is 5.84. The number of carbonyl (C=O) groups excluding carboxylic acids is 1. The van der Waals surface area contributed by atoms with E-state index in [0.29, 0.717) is 36.4 Å². The molecule has 9 atom stereocenters. The van der Waals surface area contributed by atoms with Crippen LogP contribution in [0, 0.1) is 34.5 Å². The molecule has 0 aliphatic heterocycles. The molecule has 0 aromatic rings. The number of rotatable bonds is 1. The van der Waals surface area contributed by atoms with Crippen molar-refractivity contribution in [2.24, 2.45) is 34.5 Å². The van der Waals surface area contributed by atoms with Gasteiger partial charge in [0.05, 0.1) is 17.8 Å². The van der Waals surface area contributed by atoms with Gasteiger partial charge in [0, 0.05) is 17.8 Å². The number of aliphatic hydroxyl groups excluding tert-OH is 2. The molecule has 3 N–H and O–H groups in total. The van der Waals surface area contributed by atoms with Crippen LogP contribution in [0.15, 0.2) is 0 Å². The van der Waals surface area contributed by atoms with Crippen LogP contribution in [0.2, 0.25) is 0 Å². The summed E-state index contributed by atoms with van der Waals surface area (Å²) in [5.41, 5.74) is -1.64. The molecule has 0 heterocycles. The molecule has 4 nitrogen and oxygen atoms in total. The van der Waals surface area contributed by atoms with Crippen LogP contribution in [-0.4, -0.2) is 38.9 Å². The molecular formula is C21H34O4. The third-order valence-electron chi connectivity index (χ3n) is 9.23. The summed E-state index contributed by atoms with van der Waals surface area (Å²) in [5, 5.41) is 31.6. The van der Waals surface area contributed by atoms with E-state index in [1.54, 1.807) is 6.92 Å². The largest absolute Gasteiger partial charge is 0.393 e. The molecule has 0 spiro atoms. The molecule has 4 aliphatic rings. The Balaban J connectivity index is 1.70. The molecule has 4 fully saturated rings. The van der Waals surface area contributed by atoms with E-state index in [0.717, 1.165) is 38.5 Å². The van der Waals surface area contributed by atoms with Crippen molar-refractivity contribution in [1.82, 2.24) is 0 Å². The maximum absolute atomic E-state index is 13.4. The number of hydrogen-bond acceptors (Lipinski definition) is 4. The highest BCUT2D eigenvalue weighted by Gasteiger charge is 2.68. The van der Waals surface area contributed by atoms with Crippen LogP contribution < -0.4 is 0 Å². The first-order valence-electron chi connectivity index (χ1n) is 10.2. The van der Waals surface area contributed by atoms with Crippen LogP contribution in [0.4, 0.5) is 0 Å². The Morgan fingerprint density at radius 3 is 2.52 bits per heavy atom. The molecule has 0 aromatic heterocycles. The number of aliphatic hydroxyl groups is 3. The molecule has 0 aromatic carbocycles. The van der Waals surface area contributed by atoms with Gasteiger partial charge in [-0.1, -0.05) is 13.8 Å². The summed E-state index contributed by atoms with van der Waals surface area (Å²) in [6, 6.07) is 0. The average molecular weight is 350 g/mol. The Morgan fingerprint density at radius 2 is 1.84 bits per heavy atom. The summed E-state index contributed by atoms with van der Waals surface area (Å²) < 4.78 is 0. The van der Waals surface area contributed by atoms with Crippen LogP contribution in [0.5, 0.6) is 0 Å². The smallest absolute Gasteiger partial charge is 0.137 e. The van der Waals surface area contributed by atoms with Gasteiger partial charge >= 0.3 is 0 Å². The van der Waals surface area contributed by atoms with Gasteiger partial charge in [0.15, 0.2) is 0 Å². The van der Waals surface area contributed by atoms with Crippen molar-refractivity contribution >= 4 is 5.78 Å². The van der Waals surface area contributed by atoms with E-state index in [4.69, 9.17) is 0 Å². The molecule has 4 rings (SSSR count). The highest BCUT2D eigenvalue weighted by atomic mass is 16.3. The molecule has 0 unspecified atom stereocenters. The van der Waals surface area contributed by atoms with Crippen LogP contribution in [0.1, 0.15) is 72.1 Å². The Bertz CT molecular complexity index is 574. The van der Waals surface area contributed by atoms with Crippen molar-refractivity contribution < 1.29 is 20.1 Å². The Morgan fingerprint density at radius 1 is 1.12 bits per heavy atom. The van der Waals surface area contributed by atoms with Gasteiger partial charge in [-0.2, -0.15) is 0 Å². The van der Waals surface area contributed by atoms with Crippen LogP contribution in [0.3, 0.4) is 0 Å². The van der Waals surface area contributed by atoms with Crippen molar-refractivity contribution in [3.8, 4) is 0 Å². The van der Waals surface area contributed by atoms with E-state index in [2.05, 4.69) is 6.92 Å². The maximum Gasteiger partial charge on any atom is 0.137 e. The Labute approximate surface area is 151 Å². The minimum atomic E-state index is -1.14. The molecule has 142 valence electrons. The van der Waals surface area contributed by atoms with Gasteiger partial charge in [-0.15, -0.1) is 0 Å². The zero-order valence-electron chi connectivity index (χ0n) is 15.9. The van der Waals surface area contributed by atoms with Crippen LogP contribution in [0.25, 0.3) is 0 Å². The van der Waals surface area contributed by atoms with Crippen molar-refractivity contribution in [3.05, 3.63) is 0 Å². The van der Waals surface area contributed by atoms with Crippen molar-refractivity contribution in [2.75, 3.05) is 0 Å². The van der Waals surface area contributed by atoms with Gasteiger partial charge in [-0.3, -0.25) is 4.79 Å². The molecule has 0 bridgehead atoms. The second kappa shape index (κ2) is 5.53. The molecule has 0 amide bonds. The molecule has 4 saturated carbocycles. The standard InChI is InChI=1S/C21H34O4/c1-12(22)21(25)9-7-16-15-5-4-13-10-14(23)6-8-19(13,2)18(15)17(24)11-20(16,21)3/h12-16,18,22-23,25H,4-11H2,1-3H3/t12-,13+,14-,15+,16+,18-,19+,20+,21+/m1/s1. The number of ketones is 1.